The summed E-state index contributed by atoms with van der Waals surface area (Å²) >= 11 is 0. The SMILES string of the molecule is Cc1ccc(Oc2ccc(Nc3ncnc4ccc(NC(=O)CCNC(=O)CN5CCN(C)CC5)cc34)cc2C)cn1. The van der Waals surface area contributed by atoms with Crippen molar-refractivity contribution < 1.29 is 14.3 Å². The maximum absolute atomic E-state index is 12.6. The normalized spacial score (nSPS) is 14.0. The molecule has 0 spiro atoms. The predicted octanol–water partition coefficient (Wildman–Crippen LogP) is 3.87. The third-order valence-corrected chi connectivity index (χ3v) is 7.11. The maximum Gasteiger partial charge on any atom is 0.234 e. The lowest BCUT2D eigenvalue weighted by Crippen LogP contribution is -2.48. The van der Waals surface area contributed by atoms with Crippen LogP contribution >= 0.6 is 0 Å². The van der Waals surface area contributed by atoms with Crippen LogP contribution < -0.4 is 20.7 Å². The molecule has 3 heterocycles. The van der Waals surface area contributed by atoms with Crippen molar-refractivity contribution in [3.63, 3.8) is 0 Å². The molecule has 2 amide bonds. The Balaban J connectivity index is 1.17. The molecule has 2 aromatic carbocycles. The zero-order valence-electron chi connectivity index (χ0n) is 24.2. The lowest BCUT2D eigenvalue weighted by atomic mass is 10.1. The number of fused-ring (bicyclic) bond motifs is 1. The molecule has 1 saturated heterocycles. The fraction of sp³-hybridized carbons (Fsp3) is 0.323. The highest BCUT2D eigenvalue weighted by atomic mass is 16.5. The Bertz CT molecular complexity index is 1550. The van der Waals surface area contributed by atoms with E-state index >= 15 is 0 Å². The molecule has 0 atom stereocenters. The van der Waals surface area contributed by atoms with Crippen molar-refractivity contribution >= 4 is 39.9 Å². The first-order chi connectivity index (χ1) is 20.3. The molecule has 5 rings (SSSR count). The molecule has 0 unspecified atom stereocenters. The molecular weight excluding hydrogens is 532 g/mol. The van der Waals surface area contributed by atoms with Gasteiger partial charge in [-0.15, -0.1) is 0 Å². The molecule has 4 aromatic rings. The first kappa shape index (κ1) is 28.9. The number of hydrogen-bond acceptors (Lipinski definition) is 9. The smallest absolute Gasteiger partial charge is 0.234 e. The molecule has 2 aromatic heterocycles. The van der Waals surface area contributed by atoms with Gasteiger partial charge in [0.1, 0.15) is 23.6 Å². The van der Waals surface area contributed by atoms with Gasteiger partial charge in [0.05, 0.1) is 18.3 Å². The minimum Gasteiger partial charge on any atom is -0.455 e. The second-order valence-corrected chi connectivity index (χ2v) is 10.5. The zero-order valence-corrected chi connectivity index (χ0v) is 24.2. The topological polar surface area (TPSA) is 125 Å². The second kappa shape index (κ2) is 13.4. The first-order valence-corrected chi connectivity index (χ1v) is 14.0. The molecule has 11 nitrogen and oxygen atoms in total. The third kappa shape index (κ3) is 7.77. The second-order valence-electron chi connectivity index (χ2n) is 10.5. The summed E-state index contributed by atoms with van der Waals surface area (Å²) in [7, 11) is 2.08. The van der Waals surface area contributed by atoms with Crippen LogP contribution in [-0.2, 0) is 9.59 Å². The van der Waals surface area contributed by atoms with Crippen molar-refractivity contribution in [2.24, 2.45) is 0 Å². The summed E-state index contributed by atoms with van der Waals surface area (Å²) in [6.07, 6.45) is 3.38. The van der Waals surface area contributed by atoms with E-state index in [1.54, 1.807) is 12.3 Å². The van der Waals surface area contributed by atoms with Gasteiger partial charge in [-0.05, 0) is 75.0 Å². The summed E-state index contributed by atoms with van der Waals surface area (Å²) < 4.78 is 5.99. The number of aromatic nitrogens is 3. The summed E-state index contributed by atoms with van der Waals surface area (Å²) in [5, 5.41) is 9.90. The van der Waals surface area contributed by atoms with Gasteiger partial charge < -0.3 is 25.6 Å². The number of anilines is 3. The number of hydrogen-bond donors (Lipinski definition) is 3. The summed E-state index contributed by atoms with van der Waals surface area (Å²) in [4.78, 5) is 42.3. The highest BCUT2D eigenvalue weighted by molar-refractivity contribution is 5.97. The molecule has 1 aliphatic rings. The number of nitrogens with one attached hydrogen (secondary N) is 3. The van der Waals surface area contributed by atoms with E-state index in [9.17, 15) is 9.59 Å². The Labute approximate surface area is 245 Å². The van der Waals surface area contributed by atoms with Crippen LogP contribution in [0.25, 0.3) is 10.9 Å². The van der Waals surface area contributed by atoms with Crippen LogP contribution in [0.4, 0.5) is 17.2 Å². The van der Waals surface area contributed by atoms with Crippen LogP contribution in [0.15, 0.2) is 61.1 Å². The highest BCUT2D eigenvalue weighted by Crippen LogP contribution is 2.30. The van der Waals surface area contributed by atoms with E-state index in [0.29, 0.717) is 23.8 Å². The third-order valence-electron chi connectivity index (χ3n) is 7.11. The van der Waals surface area contributed by atoms with Gasteiger partial charge >= 0.3 is 0 Å². The molecule has 42 heavy (non-hydrogen) atoms. The van der Waals surface area contributed by atoms with E-state index in [1.165, 1.54) is 6.33 Å². The summed E-state index contributed by atoms with van der Waals surface area (Å²) in [5.41, 5.74) is 4.08. The number of carbonyl (C=O) groups is 2. The molecule has 0 bridgehead atoms. The zero-order chi connectivity index (χ0) is 29.5. The van der Waals surface area contributed by atoms with Gasteiger partial charge in [0, 0.05) is 61.6 Å². The van der Waals surface area contributed by atoms with Gasteiger partial charge in [-0.25, -0.2) is 9.97 Å². The van der Waals surface area contributed by atoms with E-state index < -0.39 is 0 Å². The van der Waals surface area contributed by atoms with E-state index in [0.717, 1.165) is 59.8 Å². The van der Waals surface area contributed by atoms with E-state index in [-0.39, 0.29) is 24.8 Å². The average molecular weight is 569 g/mol. The number of carbonyl (C=O) groups excluding carboxylic acids is 2. The Morgan fingerprint density at radius 1 is 0.905 bits per heavy atom. The van der Waals surface area contributed by atoms with Gasteiger partial charge in [0.25, 0.3) is 0 Å². The monoisotopic (exact) mass is 568 g/mol. The number of nitrogens with zero attached hydrogens (tertiary/aromatic N) is 5. The molecule has 1 aliphatic heterocycles. The van der Waals surface area contributed by atoms with Gasteiger partial charge in [-0.1, -0.05) is 0 Å². The number of benzene rings is 2. The summed E-state index contributed by atoms with van der Waals surface area (Å²) in [5.74, 6) is 1.78. The molecule has 1 fully saturated rings. The molecule has 218 valence electrons. The van der Waals surface area contributed by atoms with Crippen molar-refractivity contribution in [2.75, 3.05) is 56.9 Å². The molecule has 0 aliphatic carbocycles. The average Bonchev–Trinajstić information content (AvgIpc) is 2.97. The first-order valence-electron chi connectivity index (χ1n) is 14.0. The van der Waals surface area contributed by atoms with Crippen molar-refractivity contribution in [2.45, 2.75) is 20.3 Å². The largest absolute Gasteiger partial charge is 0.455 e. The fourth-order valence-corrected chi connectivity index (χ4v) is 4.66. The number of ether oxygens (including phenoxy) is 1. The standard InChI is InChI=1S/C31H36N8O3/c1-21-16-23(6-9-28(21)42-25-7-4-22(2)33-18-25)37-31-26-17-24(5-8-27(26)34-20-35-31)36-29(40)10-11-32-30(41)19-39-14-12-38(3)13-15-39/h4-9,16-18,20H,10-15,19H2,1-3H3,(H,32,41)(H,36,40)(H,34,35,37). The Kier molecular flexibility index (Phi) is 9.20. The van der Waals surface area contributed by atoms with E-state index in [1.807, 2.05) is 56.3 Å². The van der Waals surface area contributed by atoms with Gasteiger partial charge in [-0.3, -0.25) is 19.5 Å². The van der Waals surface area contributed by atoms with E-state index in [2.05, 4.69) is 47.7 Å². The van der Waals surface area contributed by atoms with Gasteiger partial charge in [-0.2, -0.15) is 0 Å². The number of aryl methyl sites for hydroxylation is 2. The summed E-state index contributed by atoms with van der Waals surface area (Å²) in [6, 6.07) is 15.1. The molecule has 0 saturated carbocycles. The molecule has 3 N–H and O–H groups in total. The van der Waals surface area contributed by atoms with Crippen molar-refractivity contribution in [1.29, 1.82) is 0 Å². The number of likely N-dealkylation sites (N-methyl/N-ethyl adjacent to an activating group) is 1. The molecule has 11 heteroatoms. The van der Waals surface area contributed by atoms with Crippen LogP contribution in [0.5, 0.6) is 11.5 Å². The van der Waals surface area contributed by atoms with Crippen molar-refractivity contribution in [1.82, 2.24) is 30.1 Å². The van der Waals surface area contributed by atoms with Crippen LogP contribution in [0.1, 0.15) is 17.7 Å². The van der Waals surface area contributed by atoms with Crippen LogP contribution in [0.3, 0.4) is 0 Å². The quantitative estimate of drug-likeness (QED) is 0.261. The Hall–Kier alpha value is -4.61. The highest BCUT2D eigenvalue weighted by Gasteiger charge is 2.16. The van der Waals surface area contributed by atoms with Crippen molar-refractivity contribution in [3.8, 4) is 11.5 Å². The maximum atomic E-state index is 12.6. The number of amides is 2. The lowest BCUT2D eigenvalue weighted by Gasteiger charge is -2.31. The fourth-order valence-electron chi connectivity index (χ4n) is 4.66. The van der Waals surface area contributed by atoms with Crippen LogP contribution in [0, 0.1) is 13.8 Å². The minimum absolute atomic E-state index is 0.0621. The van der Waals surface area contributed by atoms with Gasteiger partial charge in [0.15, 0.2) is 0 Å². The van der Waals surface area contributed by atoms with Crippen LogP contribution in [0.2, 0.25) is 0 Å². The minimum atomic E-state index is -0.185. The van der Waals surface area contributed by atoms with Gasteiger partial charge in [0.2, 0.25) is 11.8 Å². The number of rotatable bonds is 10. The molecule has 0 radical (unpaired) electrons. The Morgan fingerprint density at radius 3 is 2.48 bits per heavy atom. The molecular formula is C31H36N8O3. The number of pyridine rings is 1. The summed E-state index contributed by atoms with van der Waals surface area (Å²) in [6.45, 7) is 8.20. The lowest BCUT2D eigenvalue weighted by molar-refractivity contribution is -0.122. The van der Waals surface area contributed by atoms with E-state index in [4.69, 9.17) is 4.74 Å². The Morgan fingerprint density at radius 2 is 1.71 bits per heavy atom. The number of piperazine rings is 1. The van der Waals surface area contributed by atoms with Crippen molar-refractivity contribution in [3.05, 3.63) is 72.3 Å². The van der Waals surface area contributed by atoms with Crippen LogP contribution in [-0.4, -0.2) is 82.9 Å². The predicted molar refractivity (Wildman–Crippen MR) is 163 cm³/mol.